The van der Waals surface area contributed by atoms with Gasteiger partial charge in [0.05, 0.1) is 24.3 Å². The van der Waals surface area contributed by atoms with Crippen LogP contribution in [-0.2, 0) is 4.74 Å². The molecular weight excluding hydrogens is 379 g/mol. The van der Waals surface area contributed by atoms with Gasteiger partial charge in [-0.05, 0) is 50.1 Å². The predicted molar refractivity (Wildman–Crippen MR) is 117 cm³/mol. The van der Waals surface area contributed by atoms with Gasteiger partial charge in [-0.2, -0.15) is 0 Å². The van der Waals surface area contributed by atoms with Crippen molar-refractivity contribution < 1.29 is 14.2 Å². The van der Waals surface area contributed by atoms with Crippen molar-refractivity contribution in [2.24, 2.45) is 0 Å². The van der Waals surface area contributed by atoms with Gasteiger partial charge in [0.2, 0.25) is 0 Å². The molecule has 0 saturated heterocycles. The number of nitrogens with zero attached hydrogens (tertiary/aromatic N) is 2. The summed E-state index contributed by atoms with van der Waals surface area (Å²) in [5.41, 5.74) is 4.68. The quantitative estimate of drug-likeness (QED) is 0.492. The molecule has 1 aromatic heterocycles. The van der Waals surface area contributed by atoms with Crippen molar-refractivity contribution in [3.05, 3.63) is 83.5 Å². The van der Waals surface area contributed by atoms with Crippen molar-refractivity contribution in [1.29, 1.82) is 0 Å². The topological polar surface area (TPSA) is 55.2 Å². The third-order valence-electron chi connectivity index (χ3n) is 4.77. The van der Waals surface area contributed by atoms with E-state index >= 15 is 0 Å². The molecule has 0 bridgehead atoms. The lowest BCUT2D eigenvalue weighted by Crippen LogP contribution is -2.10. The monoisotopic (exact) mass is 406 g/mol. The highest BCUT2D eigenvalue weighted by Crippen LogP contribution is 2.35. The Kier molecular flexibility index (Phi) is 6.95. The first-order valence-electron chi connectivity index (χ1n) is 10.1. The summed E-state index contributed by atoms with van der Waals surface area (Å²) in [6.07, 6.45) is 2.10. The highest BCUT2D eigenvalue weighted by Gasteiger charge is 2.23. The molecule has 3 rings (SSSR count). The highest BCUT2D eigenvalue weighted by molar-refractivity contribution is 5.69. The van der Waals surface area contributed by atoms with E-state index in [0.717, 1.165) is 16.8 Å². The molecule has 2 aromatic carbocycles. The Bertz CT molecular complexity index is 1010. The van der Waals surface area contributed by atoms with Crippen molar-refractivity contribution in [1.82, 2.24) is 9.97 Å². The molecule has 0 saturated carbocycles. The molecule has 5 heteroatoms. The third kappa shape index (κ3) is 4.92. The Labute approximate surface area is 177 Å². The fourth-order valence-corrected chi connectivity index (χ4v) is 3.20. The van der Waals surface area contributed by atoms with E-state index in [2.05, 4.69) is 0 Å². The zero-order chi connectivity index (χ0) is 21.7. The SMILES string of the molecule is CCOC=CC(O)c1c(-c2ccc(F)cc2)nc(-c2ccc(C)cc2)nc1C(C)C. The van der Waals surface area contributed by atoms with Crippen LogP contribution in [0, 0.1) is 12.7 Å². The third-order valence-corrected chi connectivity index (χ3v) is 4.77. The second kappa shape index (κ2) is 9.63. The van der Waals surface area contributed by atoms with Crippen molar-refractivity contribution in [2.75, 3.05) is 6.61 Å². The molecule has 0 aliphatic heterocycles. The number of aromatic nitrogens is 2. The number of hydrogen-bond acceptors (Lipinski definition) is 4. The average molecular weight is 407 g/mol. The molecule has 1 N–H and O–H groups in total. The largest absolute Gasteiger partial charge is 0.502 e. The average Bonchev–Trinajstić information content (AvgIpc) is 2.74. The first kappa shape index (κ1) is 21.7. The summed E-state index contributed by atoms with van der Waals surface area (Å²) in [7, 11) is 0. The van der Waals surface area contributed by atoms with Gasteiger partial charge in [0, 0.05) is 16.7 Å². The maximum Gasteiger partial charge on any atom is 0.160 e. The Morgan fingerprint density at radius 3 is 2.23 bits per heavy atom. The summed E-state index contributed by atoms with van der Waals surface area (Å²) in [6.45, 7) is 8.46. The predicted octanol–water partition coefficient (Wildman–Crippen LogP) is 5.97. The Morgan fingerprint density at radius 1 is 1.00 bits per heavy atom. The van der Waals surface area contributed by atoms with E-state index in [1.807, 2.05) is 52.0 Å². The molecule has 1 unspecified atom stereocenters. The van der Waals surface area contributed by atoms with Gasteiger partial charge in [-0.25, -0.2) is 14.4 Å². The van der Waals surface area contributed by atoms with Crippen molar-refractivity contribution >= 4 is 0 Å². The number of ether oxygens (including phenoxy) is 1. The summed E-state index contributed by atoms with van der Waals surface area (Å²) < 4.78 is 18.8. The van der Waals surface area contributed by atoms with Gasteiger partial charge < -0.3 is 9.84 Å². The summed E-state index contributed by atoms with van der Waals surface area (Å²) in [4.78, 5) is 9.60. The fourth-order valence-electron chi connectivity index (χ4n) is 3.20. The molecule has 3 aromatic rings. The Balaban J connectivity index is 2.24. The van der Waals surface area contributed by atoms with Crippen molar-refractivity contribution in [3.8, 4) is 22.6 Å². The first-order chi connectivity index (χ1) is 14.4. The van der Waals surface area contributed by atoms with Gasteiger partial charge >= 0.3 is 0 Å². The maximum absolute atomic E-state index is 13.5. The number of hydrogen-bond donors (Lipinski definition) is 1. The maximum atomic E-state index is 13.5. The number of halogens is 1. The van der Waals surface area contributed by atoms with Crippen LogP contribution in [0.5, 0.6) is 0 Å². The lowest BCUT2D eigenvalue weighted by Gasteiger charge is -2.20. The number of rotatable bonds is 7. The Hall–Kier alpha value is -3.05. The van der Waals surface area contributed by atoms with E-state index in [1.54, 1.807) is 18.2 Å². The van der Waals surface area contributed by atoms with Crippen LogP contribution < -0.4 is 0 Å². The number of aliphatic hydroxyl groups is 1. The lowest BCUT2D eigenvalue weighted by atomic mass is 9.94. The van der Waals surface area contributed by atoms with Gasteiger partial charge in [0.1, 0.15) is 11.9 Å². The number of benzene rings is 2. The molecule has 0 amide bonds. The molecule has 0 aliphatic rings. The summed E-state index contributed by atoms with van der Waals surface area (Å²) in [5.74, 6) is 0.290. The molecular formula is C25H27FN2O2. The highest BCUT2D eigenvalue weighted by atomic mass is 19.1. The minimum absolute atomic E-state index is 0.0431. The van der Waals surface area contributed by atoms with Crippen LogP contribution in [-0.4, -0.2) is 21.7 Å². The van der Waals surface area contributed by atoms with Gasteiger partial charge in [0.25, 0.3) is 0 Å². The van der Waals surface area contributed by atoms with Crippen LogP contribution in [0.1, 0.15) is 49.6 Å². The molecule has 1 atom stereocenters. The van der Waals surface area contributed by atoms with Crippen LogP contribution in [0.4, 0.5) is 4.39 Å². The molecule has 0 fully saturated rings. The molecule has 4 nitrogen and oxygen atoms in total. The van der Waals surface area contributed by atoms with Crippen LogP contribution in [0.3, 0.4) is 0 Å². The van der Waals surface area contributed by atoms with E-state index in [-0.39, 0.29) is 11.7 Å². The normalized spacial score (nSPS) is 12.5. The first-order valence-corrected chi connectivity index (χ1v) is 10.1. The van der Waals surface area contributed by atoms with Crippen LogP contribution in [0.25, 0.3) is 22.6 Å². The minimum atomic E-state index is -0.957. The van der Waals surface area contributed by atoms with Crippen LogP contribution in [0.15, 0.2) is 60.9 Å². The summed E-state index contributed by atoms with van der Waals surface area (Å²) in [6, 6.07) is 14.1. The fraction of sp³-hybridized carbons (Fsp3) is 0.280. The minimum Gasteiger partial charge on any atom is -0.502 e. The lowest BCUT2D eigenvalue weighted by molar-refractivity contribution is 0.213. The molecule has 0 radical (unpaired) electrons. The summed E-state index contributed by atoms with van der Waals surface area (Å²) in [5, 5.41) is 11.0. The van der Waals surface area contributed by atoms with E-state index in [1.165, 1.54) is 18.4 Å². The second-order valence-electron chi connectivity index (χ2n) is 7.45. The summed E-state index contributed by atoms with van der Waals surface area (Å²) >= 11 is 0. The number of aliphatic hydroxyl groups excluding tert-OH is 1. The van der Waals surface area contributed by atoms with Gasteiger partial charge in [-0.1, -0.05) is 43.7 Å². The Morgan fingerprint density at radius 2 is 1.63 bits per heavy atom. The second-order valence-corrected chi connectivity index (χ2v) is 7.45. The molecule has 30 heavy (non-hydrogen) atoms. The molecule has 0 spiro atoms. The number of aryl methyl sites for hydroxylation is 1. The van der Waals surface area contributed by atoms with E-state index in [4.69, 9.17) is 14.7 Å². The van der Waals surface area contributed by atoms with E-state index < -0.39 is 6.10 Å². The van der Waals surface area contributed by atoms with Gasteiger partial charge in [0.15, 0.2) is 5.82 Å². The van der Waals surface area contributed by atoms with Crippen molar-refractivity contribution in [2.45, 2.75) is 39.7 Å². The zero-order valence-electron chi connectivity index (χ0n) is 17.8. The van der Waals surface area contributed by atoms with Crippen molar-refractivity contribution in [3.63, 3.8) is 0 Å². The van der Waals surface area contributed by atoms with Crippen LogP contribution in [0.2, 0.25) is 0 Å². The van der Waals surface area contributed by atoms with E-state index in [0.29, 0.717) is 29.3 Å². The van der Waals surface area contributed by atoms with Gasteiger partial charge in [-0.15, -0.1) is 0 Å². The molecule has 1 heterocycles. The van der Waals surface area contributed by atoms with Gasteiger partial charge in [-0.3, -0.25) is 0 Å². The zero-order valence-corrected chi connectivity index (χ0v) is 17.8. The van der Waals surface area contributed by atoms with Crippen LogP contribution >= 0.6 is 0 Å². The molecule has 156 valence electrons. The van der Waals surface area contributed by atoms with E-state index in [9.17, 15) is 9.50 Å². The standard InChI is InChI=1S/C25H27FN2O2/c1-5-30-15-14-21(29)22-23(16(2)3)27-25(19-8-6-17(4)7-9-19)28-24(22)18-10-12-20(26)13-11-18/h6-16,21,29H,5H2,1-4H3. The molecule has 0 aliphatic carbocycles. The smallest absolute Gasteiger partial charge is 0.160 e.